The first kappa shape index (κ1) is 15.2. The zero-order valence-electron chi connectivity index (χ0n) is 7.40. The number of thiol groups is 1. The smallest absolute Gasteiger partial charge is 0.130 e. The van der Waals surface area contributed by atoms with E-state index in [4.69, 9.17) is 12.2 Å². The summed E-state index contributed by atoms with van der Waals surface area (Å²) in [5.41, 5.74) is 0. The van der Waals surface area contributed by atoms with Gasteiger partial charge in [-0.15, -0.1) is 12.6 Å². The Bertz CT molecular complexity index is 109. The molecule has 0 aliphatic heterocycles. The van der Waals surface area contributed by atoms with Crippen molar-refractivity contribution in [2.24, 2.45) is 0 Å². The summed E-state index contributed by atoms with van der Waals surface area (Å²) in [6.07, 6.45) is 6.51. The van der Waals surface area contributed by atoms with Crippen LogP contribution in [0.4, 0.5) is 0 Å². The quantitative estimate of drug-likeness (QED) is 0.327. The van der Waals surface area contributed by atoms with Gasteiger partial charge in [0.05, 0.1) is 0 Å². The molecule has 0 saturated heterocycles. The van der Waals surface area contributed by atoms with Crippen LogP contribution in [0, 0.1) is 0 Å². The molecular weight excluding hydrogens is 238 g/mol. The van der Waals surface area contributed by atoms with Crippen LogP contribution in [-0.4, -0.2) is 10.9 Å². The third-order valence-electron chi connectivity index (χ3n) is 1.56. The first-order valence-corrected chi connectivity index (χ1v) is 5.09. The fourth-order valence-electron chi connectivity index (χ4n) is 0.924. The summed E-state index contributed by atoms with van der Waals surface area (Å²) >= 11 is 8.71. The fraction of sp³-hybridized carbons (Fsp3) is 0.875. The second-order valence-corrected chi connectivity index (χ2v) is 3.80. The first-order chi connectivity index (χ1) is 5.27. The summed E-state index contributed by atoms with van der Waals surface area (Å²) in [6.45, 7) is 3.20. The van der Waals surface area contributed by atoms with Gasteiger partial charge in [-0.2, -0.15) is 0 Å². The van der Waals surface area contributed by atoms with E-state index in [1.54, 1.807) is 0 Å². The molecule has 1 nitrogen and oxygen atoms in total. The van der Waals surface area contributed by atoms with Crippen molar-refractivity contribution in [2.75, 3.05) is 6.54 Å². The molecule has 0 spiro atoms. The summed E-state index contributed by atoms with van der Waals surface area (Å²) in [7, 11) is 0. The predicted octanol–water partition coefficient (Wildman–Crippen LogP) is 2.76. The summed E-state index contributed by atoms with van der Waals surface area (Å²) in [6, 6.07) is 0. The monoisotopic (exact) mass is 254 g/mol. The van der Waals surface area contributed by atoms with Crippen LogP contribution in [0.3, 0.4) is 0 Å². The molecule has 0 saturated carbocycles. The second kappa shape index (κ2) is 11.8. The van der Waals surface area contributed by atoms with Crippen LogP contribution in [0.1, 0.15) is 39.0 Å². The van der Waals surface area contributed by atoms with Crippen LogP contribution in [0.15, 0.2) is 0 Å². The molecule has 0 atom stereocenters. The molecule has 0 amide bonds. The summed E-state index contributed by atoms with van der Waals surface area (Å²) in [4.78, 5) is 0. The molecule has 0 aromatic carbocycles. The van der Waals surface area contributed by atoms with Gasteiger partial charge in [0.25, 0.3) is 0 Å². The number of rotatable bonds is 6. The molecular formula is C8H17CuNS2. The van der Waals surface area contributed by atoms with Gasteiger partial charge in [-0.1, -0.05) is 44.8 Å². The minimum Gasteiger partial charge on any atom is -0.371 e. The molecule has 4 heteroatoms. The van der Waals surface area contributed by atoms with E-state index in [0.29, 0.717) is 4.32 Å². The number of hydrogen-bond acceptors (Lipinski definition) is 1. The van der Waals surface area contributed by atoms with Crippen molar-refractivity contribution in [3.8, 4) is 0 Å². The number of thiocarbonyl (C=S) groups is 1. The molecule has 1 radical (unpaired) electrons. The molecule has 0 aromatic heterocycles. The van der Waals surface area contributed by atoms with Crippen LogP contribution < -0.4 is 5.32 Å². The summed E-state index contributed by atoms with van der Waals surface area (Å²) in [5, 5.41) is 3.02. The zero-order valence-corrected chi connectivity index (χ0v) is 10.1. The third kappa shape index (κ3) is 13.4. The maximum atomic E-state index is 4.75. The van der Waals surface area contributed by atoms with Crippen LogP contribution in [0.2, 0.25) is 0 Å². The Morgan fingerprint density at radius 2 is 1.83 bits per heavy atom. The van der Waals surface area contributed by atoms with Crippen molar-refractivity contribution in [2.45, 2.75) is 39.0 Å². The summed E-state index contributed by atoms with van der Waals surface area (Å²) < 4.78 is 0.612. The standard InChI is InChI=1S/C8H17NS2.Cu/c1-2-3-4-5-6-7-9-8(10)11;/h2-7H2,1H3,(H2,9,10,11);. The topological polar surface area (TPSA) is 12.0 Å². The van der Waals surface area contributed by atoms with E-state index in [1.165, 1.54) is 32.1 Å². The molecule has 0 aliphatic carbocycles. The van der Waals surface area contributed by atoms with Crippen LogP contribution in [-0.2, 0) is 17.1 Å². The van der Waals surface area contributed by atoms with Crippen molar-refractivity contribution in [1.29, 1.82) is 0 Å². The van der Waals surface area contributed by atoms with E-state index >= 15 is 0 Å². The Labute approximate surface area is 97.0 Å². The van der Waals surface area contributed by atoms with Gasteiger partial charge in [-0.3, -0.25) is 0 Å². The minimum atomic E-state index is 0. The Morgan fingerprint density at radius 1 is 1.25 bits per heavy atom. The van der Waals surface area contributed by atoms with Gasteiger partial charge < -0.3 is 5.32 Å². The molecule has 0 aliphatic rings. The van der Waals surface area contributed by atoms with Gasteiger partial charge in [-0.05, 0) is 6.42 Å². The third-order valence-corrected chi connectivity index (χ3v) is 1.86. The molecule has 0 rings (SSSR count). The van der Waals surface area contributed by atoms with Crippen molar-refractivity contribution >= 4 is 29.2 Å². The van der Waals surface area contributed by atoms with Gasteiger partial charge in [0, 0.05) is 23.6 Å². The Hall–Kier alpha value is 0.759. The van der Waals surface area contributed by atoms with Gasteiger partial charge in [0.2, 0.25) is 0 Å². The number of unbranched alkanes of at least 4 members (excludes halogenated alkanes) is 4. The Morgan fingerprint density at radius 3 is 2.33 bits per heavy atom. The fourth-order valence-corrected chi connectivity index (χ4v) is 1.14. The maximum Gasteiger partial charge on any atom is 0.130 e. The molecule has 77 valence electrons. The van der Waals surface area contributed by atoms with Crippen molar-refractivity contribution in [1.82, 2.24) is 5.32 Å². The normalized spacial score (nSPS) is 8.83. The molecule has 12 heavy (non-hydrogen) atoms. The van der Waals surface area contributed by atoms with Gasteiger partial charge in [0.1, 0.15) is 4.32 Å². The summed E-state index contributed by atoms with van der Waals surface area (Å²) in [5.74, 6) is 0. The van der Waals surface area contributed by atoms with Crippen LogP contribution in [0.25, 0.3) is 0 Å². The molecule has 0 unspecified atom stereocenters. The van der Waals surface area contributed by atoms with Gasteiger partial charge >= 0.3 is 0 Å². The van der Waals surface area contributed by atoms with E-state index in [9.17, 15) is 0 Å². The molecule has 0 bridgehead atoms. The average molecular weight is 255 g/mol. The van der Waals surface area contributed by atoms with E-state index in [-0.39, 0.29) is 17.1 Å². The average Bonchev–Trinajstić information content (AvgIpc) is 1.96. The molecule has 0 fully saturated rings. The van der Waals surface area contributed by atoms with Crippen molar-refractivity contribution in [3.05, 3.63) is 0 Å². The van der Waals surface area contributed by atoms with E-state index in [0.717, 1.165) is 6.54 Å². The van der Waals surface area contributed by atoms with E-state index in [1.807, 2.05) is 0 Å². The van der Waals surface area contributed by atoms with E-state index < -0.39 is 0 Å². The zero-order chi connectivity index (χ0) is 8.53. The van der Waals surface area contributed by atoms with Gasteiger partial charge in [0.15, 0.2) is 0 Å². The first-order valence-electron chi connectivity index (χ1n) is 4.24. The maximum absolute atomic E-state index is 4.75. The molecule has 1 N–H and O–H groups in total. The Balaban J connectivity index is 0. The Kier molecular flexibility index (Phi) is 14.9. The molecule has 0 aromatic rings. The predicted molar refractivity (Wildman–Crippen MR) is 58.3 cm³/mol. The van der Waals surface area contributed by atoms with Crippen LogP contribution in [0.5, 0.6) is 0 Å². The van der Waals surface area contributed by atoms with Gasteiger partial charge in [-0.25, -0.2) is 0 Å². The van der Waals surface area contributed by atoms with Crippen LogP contribution >= 0.6 is 24.8 Å². The largest absolute Gasteiger partial charge is 0.371 e. The minimum absolute atomic E-state index is 0. The number of hydrogen-bond donors (Lipinski definition) is 2. The number of nitrogens with one attached hydrogen (secondary N) is 1. The second-order valence-electron chi connectivity index (χ2n) is 2.65. The van der Waals surface area contributed by atoms with Crippen molar-refractivity contribution in [3.63, 3.8) is 0 Å². The molecule has 0 heterocycles. The van der Waals surface area contributed by atoms with E-state index in [2.05, 4.69) is 24.9 Å². The SMILES string of the molecule is CCCCCCCNC(=S)S.[Cu]. The van der Waals surface area contributed by atoms with Crippen molar-refractivity contribution < 1.29 is 17.1 Å².